The van der Waals surface area contributed by atoms with Gasteiger partial charge in [0.25, 0.3) is 0 Å². The van der Waals surface area contributed by atoms with Crippen molar-refractivity contribution in [3.63, 3.8) is 0 Å². The Morgan fingerprint density at radius 2 is 1.94 bits per heavy atom. The van der Waals surface area contributed by atoms with Crippen molar-refractivity contribution in [1.29, 1.82) is 0 Å². The maximum Gasteiger partial charge on any atom is 0.345 e. The van der Waals surface area contributed by atoms with Gasteiger partial charge in [-0.05, 0) is 18.2 Å². The maximum atomic E-state index is 10.7. The molecule has 0 aliphatic carbocycles. The molecule has 0 fully saturated rings. The quantitative estimate of drug-likeness (QED) is 0.870. The Labute approximate surface area is 100.0 Å². The lowest BCUT2D eigenvalue weighted by atomic mass is 10.2. The summed E-state index contributed by atoms with van der Waals surface area (Å²) in [6, 6.07) is 4.50. The van der Waals surface area contributed by atoms with E-state index in [4.69, 9.17) is 10.2 Å². The Kier molecular flexibility index (Phi) is 2.88. The van der Waals surface area contributed by atoms with Crippen molar-refractivity contribution in [2.45, 2.75) is 0 Å². The average Bonchev–Trinajstić information content (AvgIpc) is 2.78. The summed E-state index contributed by atoms with van der Waals surface area (Å²) in [6.45, 7) is 0. The van der Waals surface area contributed by atoms with Crippen LogP contribution in [0.3, 0.4) is 0 Å². The highest BCUT2D eigenvalue weighted by atomic mass is 32.1. The highest BCUT2D eigenvalue weighted by Crippen LogP contribution is 2.24. The number of hydrogen-bond donors (Lipinski definition) is 2. The third kappa shape index (κ3) is 2.31. The van der Waals surface area contributed by atoms with Gasteiger partial charge in [0.15, 0.2) is 0 Å². The Balaban J connectivity index is 2.33. The van der Waals surface area contributed by atoms with Crippen LogP contribution in [0.5, 0.6) is 0 Å². The number of pyridine rings is 1. The number of rotatable bonds is 3. The molecular weight excluding hydrogens is 242 g/mol. The molecule has 86 valence electrons. The summed E-state index contributed by atoms with van der Waals surface area (Å²) in [5.41, 5.74) is 1.32. The predicted octanol–water partition coefficient (Wildman–Crippen LogP) is 2.21. The summed E-state index contributed by atoms with van der Waals surface area (Å²) in [5, 5.41) is 19.2. The highest BCUT2D eigenvalue weighted by Gasteiger charge is 2.09. The van der Waals surface area contributed by atoms with Gasteiger partial charge < -0.3 is 10.2 Å². The first kappa shape index (κ1) is 11.3. The monoisotopic (exact) mass is 249 g/mol. The molecule has 0 aliphatic rings. The minimum atomic E-state index is -1.04. The molecule has 0 amide bonds. The number of hydrogen-bond acceptors (Lipinski definition) is 4. The molecule has 2 N–H and O–H groups in total. The van der Waals surface area contributed by atoms with Gasteiger partial charge in [0.2, 0.25) is 0 Å². The van der Waals surface area contributed by atoms with Crippen LogP contribution in [0.15, 0.2) is 29.8 Å². The minimum absolute atomic E-state index is 0.0995. The van der Waals surface area contributed by atoms with E-state index in [0.29, 0.717) is 11.3 Å². The first-order valence-electron chi connectivity index (χ1n) is 4.59. The molecule has 0 saturated heterocycles. The van der Waals surface area contributed by atoms with E-state index < -0.39 is 11.9 Å². The SMILES string of the molecule is O=C(O)c1ccc(-c2csc(C(=O)O)c2)nc1. The third-order valence-electron chi connectivity index (χ3n) is 2.12. The van der Waals surface area contributed by atoms with Crippen LogP contribution in [0.4, 0.5) is 0 Å². The van der Waals surface area contributed by atoms with Gasteiger partial charge in [-0.25, -0.2) is 9.59 Å². The van der Waals surface area contributed by atoms with E-state index in [-0.39, 0.29) is 10.4 Å². The number of aromatic nitrogens is 1. The van der Waals surface area contributed by atoms with Crippen molar-refractivity contribution < 1.29 is 19.8 Å². The zero-order chi connectivity index (χ0) is 12.4. The van der Waals surface area contributed by atoms with Gasteiger partial charge in [-0.1, -0.05) is 0 Å². The van der Waals surface area contributed by atoms with Crippen molar-refractivity contribution in [2.75, 3.05) is 0 Å². The lowest BCUT2D eigenvalue weighted by molar-refractivity contribution is 0.0688. The Morgan fingerprint density at radius 1 is 1.18 bits per heavy atom. The molecule has 0 bridgehead atoms. The van der Waals surface area contributed by atoms with E-state index in [9.17, 15) is 9.59 Å². The molecule has 0 spiro atoms. The molecule has 0 radical (unpaired) electrons. The molecule has 2 aromatic rings. The molecule has 0 saturated carbocycles. The topological polar surface area (TPSA) is 87.5 Å². The van der Waals surface area contributed by atoms with Gasteiger partial charge in [0, 0.05) is 17.1 Å². The molecule has 6 heteroatoms. The number of carboxylic acid groups (broad SMARTS) is 2. The molecule has 0 atom stereocenters. The fraction of sp³-hybridized carbons (Fsp3) is 0. The average molecular weight is 249 g/mol. The zero-order valence-electron chi connectivity index (χ0n) is 8.45. The molecular formula is C11H7NO4S. The second kappa shape index (κ2) is 4.34. The van der Waals surface area contributed by atoms with Gasteiger partial charge in [-0.3, -0.25) is 4.98 Å². The molecule has 0 unspecified atom stereocenters. The van der Waals surface area contributed by atoms with Crippen LogP contribution in [0.1, 0.15) is 20.0 Å². The van der Waals surface area contributed by atoms with Crippen LogP contribution in [0.2, 0.25) is 0 Å². The van der Waals surface area contributed by atoms with Crippen LogP contribution >= 0.6 is 11.3 Å². The van der Waals surface area contributed by atoms with Gasteiger partial charge in [0.1, 0.15) is 4.88 Å². The third-order valence-corrected chi connectivity index (χ3v) is 3.03. The number of nitrogens with zero attached hydrogens (tertiary/aromatic N) is 1. The molecule has 0 aromatic carbocycles. The van der Waals surface area contributed by atoms with Crippen molar-refractivity contribution in [3.8, 4) is 11.3 Å². The van der Waals surface area contributed by atoms with Gasteiger partial charge >= 0.3 is 11.9 Å². The van der Waals surface area contributed by atoms with E-state index >= 15 is 0 Å². The largest absolute Gasteiger partial charge is 0.478 e. The molecule has 5 nitrogen and oxygen atoms in total. The Morgan fingerprint density at radius 3 is 2.41 bits per heavy atom. The van der Waals surface area contributed by atoms with Gasteiger partial charge in [-0.2, -0.15) is 0 Å². The Bertz CT molecular complexity index is 573. The van der Waals surface area contributed by atoms with Crippen LogP contribution < -0.4 is 0 Å². The van der Waals surface area contributed by atoms with E-state index in [1.54, 1.807) is 11.4 Å². The van der Waals surface area contributed by atoms with E-state index in [2.05, 4.69) is 4.98 Å². The predicted molar refractivity (Wildman–Crippen MR) is 61.5 cm³/mol. The molecule has 2 heterocycles. The summed E-state index contributed by atoms with van der Waals surface area (Å²) in [6.07, 6.45) is 1.25. The lowest BCUT2D eigenvalue weighted by Crippen LogP contribution is -1.96. The van der Waals surface area contributed by atoms with Crippen molar-refractivity contribution in [3.05, 3.63) is 40.2 Å². The van der Waals surface area contributed by atoms with Crippen LogP contribution in [0, 0.1) is 0 Å². The van der Waals surface area contributed by atoms with E-state index in [0.717, 1.165) is 11.3 Å². The minimum Gasteiger partial charge on any atom is -0.478 e. The van der Waals surface area contributed by atoms with E-state index in [1.807, 2.05) is 0 Å². The highest BCUT2D eigenvalue weighted by molar-refractivity contribution is 7.12. The van der Waals surface area contributed by atoms with Gasteiger partial charge in [0.05, 0.1) is 11.3 Å². The fourth-order valence-electron chi connectivity index (χ4n) is 1.27. The number of aromatic carboxylic acids is 2. The van der Waals surface area contributed by atoms with Crippen molar-refractivity contribution in [1.82, 2.24) is 4.98 Å². The summed E-state index contributed by atoms with van der Waals surface area (Å²) < 4.78 is 0. The molecule has 2 rings (SSSR count). The van der Waals surface area contributed by atoms with Gasteiger partial charge in [-0.15, -0.1) is 11.3 Å². The Hall–Kier alpha value is -2.21. The second-order valence-electron chi connectivity index (χ2n) is 3.24. The second-order valence-corrected chi connectivity index (χ2v) is 4.15. The maximum absolute atomic E-state index is 10.7. The van der Waals surface area contributed by atoms with Crippen LogP contribution in [0.25, 0.3) is 11.3 Å². The zero-order valence-corrected chi connectivity index (χ0v) is 9.27. The van der Waals surface area contributed by atoms with E-state index in [1.165, 1.54) is 18.3 Å². The fourth-order valence-corrected chi connectivity index (χ4v) is 2.01. The van der Waals surface area contributed by atoms with Crippen molar-refractivity contribution >= 4 is 23.3 Å². The standard InChI is InChI=1S/C11H7NO4S/c13-10(14)6-1-2-8(12-4-6)7-3-9(11(15)16)17-5-7/h1-5H,(H,13,14)(H,15,16). The number of carboxylic acids is 2. The van der Waals surface area contributed by atoms with Crippen LogP contribution in [-0.2, 0) is 0 Å². The number of thiophene rings is 1. The summed E-state index contributed by atoms with van der Waals surface area (Å²) in [5.74, 6) is -2.02. The molecule has 17 heavy (non-hydrogen) atoms. The lowest BCUT2D eigenvalue weighted by Gasteiger charge is -1.97. The first-order valence-corrected chi connectivity index (χ1v) is 5.47. The summed E-state index contributed by atoms with van der Waals surface area (Å²) >= 11 is 1.11. The van der Waals surface area contributed by atoms with Crippen LogP contribution in [-0.4, -0.2) is 27.1 Å². The molecule has 0 aliphatic heterocycles. The van der Waals surface area contributed by atoms with Crippen molar-refractivity contribution in [2.24, 2.45) is 0 Å². The smallest absolute Gasteiger partial charge is 0.345 e. The normalized spacial score (nSPS) is 10.1. The summed E-state index contributed by atoms with van der Waals surface area (Å²) in [4.78, 5) is 25.5. The first-order chi connectivity index (χ1) is 8.08. The number of carbonyl (C=O) groups is 2. The molecule has 2 aromatic heterocycles. The summed E-state index contributed by atoms with van der Waals surface area (Å²) in [7, 11) is 0.